The van der Waals surface area contributed by atoms with Crippen LogP contribution in [0.1, 0.15) is 30.6 Å². The lowest BCUT2D eigenvalue weighted by Gasteiger charge is -2.11. The smallest absolute Gasteiger partial charge is 0.124 e. The maximum absolute atomic E-state index is 13.1. The van der Waals surface area contributed by atoms with Crippen molar-refractivity contribution in [1.82, 2.24) is 0 Å². The molecule has 106 valence electrons. The minimum atomic E-state index is -0.529. The van der Waals surface area contributed by atoms with E-state index in [1.165, 1.54) is 29.5 Å². The van der Waals surface area contributed by atoms with Crippen LogP contribution in [0.5, 0.6) is 0 Å². The molecule has 2 aromatic rings. The highest BCUT2D eigenvalue weighted by molar-refractivity contribution is 7.99. The summed E-state index contributed by atoms with van der Waals surface area (Å²) in [7, 11) is 0. The van der Waals surface area contributed by atoms with Crippen LogP contribution in [0.4, 0.5) is 4.39 Å². The van der Waals surface area contributed by atoms with Gasteiger partial charge >= 0.3 is 0 Å². The fourth-order valence-corrected chi connectivity index (χ4v) is 2.94. The molecule has 0 heterocycles. The predicted molar refractivity (Wildman–Crippen MR) is 82.5 cm³/mol. The number of aliphatic hydroxyl groups excluding tert-OH is 1. The SMILES string of the molecule is CCCc1ccc(C(O)CSc2cccc(F)c2)cc1. The zero-order valence-electron chi connectivity index (χ0n) is 11.6. The van der Waals surface area contributed by atoms with Gasteiger partial charge in [-0.15, -0.1) is 11.8 Å². The van der Waals surface area contributed by atoms with E-state index >= 15 is 0 Å². The molecule has 0 saturated heterocycles. The molecule has 3 heteroatoms. The first kappa shape index (κ1) is 15.1. The van der Waals surface area contributed by atoms with Gasteiger partial charge in [0.05, 0.1) is 6.10 Å². The van der Waals surface area contributed by atoms with Crippen LogP contribution in [0.25, 0.3) is 0 Å². The second kappa shape index (κ2) is 7.46. The van der Waals surface area contributed by atoms with Crippen LogP contribution in [0.15, 0.2) is 53.4 Å². The zero-order chi connectivity index (χ0) is 14.4. The van der Waals surface area contributed by atoms with Gasteiger partial charge in [-0.1, -0.05) is 43.7 Å². The highest BCUT2D eigenvalue weighted by atomic mass is 32.2. The van der Waals surface area contributed by atoms with Gasteiger partial charge in [0.2, 0.25) is 0 Å². The van der Waals surface area contributed by atoms with E-state index in [4.69, 9.17) is 0 Å². The van der Waals surface area contributed by atoms with E-state index < -0.39 is 6.10 Å². The standard InChI is InChI=1S/C17H19FOS/c1-2-4-13-7-9-14(10-8-13)17(19)12-20-16-6-3-5-15(18)11-16/h3,5-11,17,19H,2,4,12H2,1H3. The summed E-state index contributed by atoms with van der Waals surface area (Å²) >= 11 is 1.46. The molecular formula is C17H19FOS. The Bertz CT molecular complexity index is 539. The number of aliphatic hydroxyl groups is 1. The maximum atomic E-state index is 13.1. The van der Waals surface area contributed by atoms with Gasteiger partial charge in [0, 0.05) is 10.6 Å². The first-order valence-electron chi connectivity index (χ1n) is 6.84. The third kappa shape index (κ3) is 4.36. The highest BCUT2D eigenvalue weighted by Crippen LogP contribution is 2.25. The van der Waals surface area contributed by atoms with Gasteiger partial charge in [-0.25, -0.2) is 4.39 Å². The molecule has 0 aliphatic rings. The number of halogens is 1. The summed E-state index contributed by atoms with van der Waals surface area (Å²) in [5, 5.41) is 10.2. The average Bonchev–Trinajstić information content (AvgIpc) is 2.46. The summed E-state index contributed by atoms with van der Waals surface area (Å²) in [4.78, 5) is 0.839. The highest BCUT2D eigenvalue weighted by Gasteiger charge is 2.08. The summed E-state index contributed by atoms with van der Waals surface area (Å²) in [6, 6.07) is 14.5. The van der Waals surface area contributed by atoms with E-state index in [2.05, 4.69) is 19.1 Å². The monoisotopic (exact) mass is 290 g/mol. The van der Waals surface area contributed by atoms with Crippen LogP contribution in [-0.4, -0.2) is 10.9 Å². The molecule has 0 aromatic heterocycles. The number of benzene rings is 2. The van der Waals surface area contributed by atoms with E-state index in [1.54, 1.807) is 6.07 Å². The third-order valence-electron chi connectivity index (χ3n) is 3.11. The Balaban J connectivity index is 1.92. The fourth-order valence-electron chi connectivity index (χ4n) is 2.02. The summed E-state index contributed by atoms with van der Waals surface area (Å²) < 4.78 is 13.1. The number of aryl methyl sites for hydroxylation is 1. The zero-order valence-corrected chi connectivity index (χ0v) is 12.4. The van der Waals surface area contributed by atoms with Crippen LogP contribution in [-0.2, 0) is 6.42 Å². The van der Waals surface area contributed by atoms with Crippen molar-refractivity contribution in [2.24, 2.45) is 0 Å². The minimum absolute atomic E-state index is 0.242. The van der Waals surface area contributed by atoms with Crippen molar-refractivity contribution in [1.29, 1.82) is 0 Å². The third-order valence-corrected chi connectivity index (χ3v) is 4.18. The molecule has 0 aliphatic carbocycles. The Kier molecular flexibility index (Phi) is 5.62. The van der Waals surface area contributed by atoms with Crippen LogP contribution in [0.3, 0.4) is 0 Å². The summed E-state index contributed by atoms with van der Waals surface area (Å²) in [5.41, 5.74) is 2.20. The molecular weight excluding hydrogens is 271 g/mol. The van der Waals surface area contributed by atoms with Gasteiger partial charge in [0.15, 0.2) is 0 Å². The Morgan fingerprint density at radius 2 is 1.90 bits per heavy atom. The van der Waals surface area contributed by atoms with Crippen LogP contribution < -0.4 is 0 Å². The molecule has 1 nitrogen and oxygen atoms in total. The quantitative estimate of drug-likeness (QED) is 0.784. The van der Waals surface area contributed by atoms with E-state index in [9.17, 15) is 9.50 Å². The van der Waals surface area contributed by atoms with Gasteiger partial charge < -0.3 is 5.11 Å². The van der Waals surface area contributed by atoms with Crippen LogP contribution in [0.2, 0.25) is 0 Å². The van der Waals surface area contributed by atoms with Crippen molar-refractivity contribution in [3.63, 3.8) is 0 Å². The van der Waals surface area contributed by atoms with Crippen molar-refractivity contribution in [3.8, 4) is 0 Å². The number of thioether (sulfide) groups is 1. The van der Waals surface area contributed by atoms with Crippen LogP contribution >= 0.6 is 11.8 Å². The molecule has 0 fully saturated rings. The van der Waals surface area contributed by atoms with Crippen molar-refractivity contribution < 1.29 is 9.50 Å². The van der Waals surface area contributed by atoms with Gasteiger partial charge in [0.25, 0.3) is 0 Å². The number of rotatable bonds is 6. The lowest BCUT2D eigenvalue weighted by molar-refractivity contribution is 0.204. The van der Waals surface area contributed by atoms with E-state index in [1.807, 2.05) is 18.2 Å². The predicted octanol–water partition coefficient (Wildman–Crippen LogP) is 4.60. The molecule has 2 rings (SSSR count). The van der Waals surface area contributed by atoms with Crippen LogP contribution in [0, 0.1) is 5.82 Å². The van der Waals surface area contributed by atoms with Gasteiger partial charge in [-0.05, 0) is 35.7 Å². The van der Waals surface area contributed by atoms with E-state index in [0.717, 1.165) is 23.3 Å². The van der Waals surface area contributed by atoms with Gasteiger partial charge in [-0.2, -0.15) is 0 Å². The van der Waals surface area contributed by atoms with Gasteiger partial charge in [-0.3, -0.25) is 0 Å². The fraction of sp³-hybridized carbons (Fsp3) is 0.294. The van der Waals surface area contributed by atoms with E-state index in [-0.39, 0.29) is 5.82 Å². The summed E-state index contributed by atoms with van der Waals surface area (Å²) in [6.07, 6.45) is 1.66. The number of hydrogen-bond acceptors (Lipinski definition) is 2. The summed E-state index contributed by atoms with van der Waals surface area (Å²) in [5.74, 6) is 0.282. The van der Waals surface area contributed by atoms with Gasteiger partial charge in [0.1, 0.15) is 5.82 Å². The molecule has 2 aromatic carbocycles. The second-order valence-corrected chi connectivity index (χ2v) is 5.87. The molecule has 0 spiro atoms. The van der Waals surface area contributed by atoms with E-state index in [0.29, 0.717) is 5.75 Å². The Morgan fingerprint density at radius 1 is 1.15 bits per heavy atom. The second-order valence-electron chi connectivity index (χ2n) is 4.78. The molecule has 1 unspecified atom stereocenters. The number of hydrogen-bond donors (Lipinski definition) is 1. The topological polar surface area (TPSA) is 20.2 Å². The molecule has 0 radical (unpaired) electrons. The Morgan fingerprint density at radius 3 is 2.55 bits per heavy atom. The molecule has 1 N–H and O–H groups in total. The average molecular weight is 290 g/mol. The van der Waals surface area contributed by atoms with Crippen molar-refractivity contribution in [2.45, 2.75) is 30.8 Å². The first-order chi connectivity index (χ1) is 9.69. The molecule has 20 heavy (non-hydrogen) atoms. The molecule has 0 amide bonds. The minimum Gasteiger partial charge on any atom is -0.388 e. The molecule has 0 saturated carbocycles. The van der Waals surface area contributed by atoms with Crippen molar-refractivity contribution in [3.05, 3.63) is 65.5 Å². The lowest BCUT2D eigenvalue weighted by Crippen LogP contribution is -2.00. The molecule has 0 bridgehead atoms. The molecule has 1 atom stereocenters. The lowest BCUT2D eigenvalue weighted by atomic mass is 10.1. The van der Waals surface area contributed by atoms with Crippen molar-refractivity contribution in [2.75, 3.05) is 5.75 Å². The van der Waals surface area contributed by atoms with Crippen molar-refractivity contribution >= 4 is 11.8 Å². The normalized spacial score (nSPS) is 12.3. The maximum Gasteiger partial charge on any atom is 0.124 e. The first-order valence-corrected chi connectivity index (χ1v) is 7.83. The Hall–Kier alpha value is -1.32. The summed E-state index contributed by atoms with van der Waals surface area (Å²) in [6.45, 7) is 2.15. The molecule has 0 aliphatic heterocycles. The largest absolute Gasteiger partial charge is 0.388 e. The Labute approximate surface area is 123 Å².